The molecule has 0 aromatic heterocycles. The monoisotopic (exact) mass is 453 g/mol. The Morgan fingerprint density at radius 1 is 1.19 bits per heavy atom. The predicted molar refractivity (Wildman–Crippen MR) is 121 cm³/mol. The molecule has 0 bridgehead atoms. The van der Waals surface area contributed by atoms with E-state index in [9.17, 15) is 14.9 Å². The van der Waals surface area contributed by atoms with Crippen molar-refractivity contribution in [2.24, 2.45) is 15.8 Å². The molecule has 2 aliphatic heterocycles. The predicted octanol–water partition coefficient (Wildman–Crippen LogP) is 2.94. The summed E-state index contributed by atoms with van der Waals surface area (Å²) in [5, 5.41) is 18.0. The average Bonchev–Trinajstić information content (AvgIpc) is 3.22. The molecule has 32 heavy (non-hydrogen) atoms. The van der Waals surface area contributed by atoms with Gasteiger partial charge in [-0.05, 0) is 43.3 Å². The van der Waals surface area contributed by atoms with Crippen LogP contribution in [-0.2, 0) is 9.53 Å². The number of nitrogens with zero attached hydrogens (tertiary/aromatic N) is 4. The summed E-state index contributed by atoms with van der Waals surface area (Å²) in [6.45, 7) is 1.84. The zero-order valence-electron chi connectivity index (χ0n) is 17.2. The maximum atomic E-state index is 12.7. The van der Waals surface area contributed by atoms with Gasteiger partial charge in [-0.15, -0.1) is 0 Å². The second-order valence-corrected chi connectivity index (χ2v) is 7.73. The van der Waals surface area contributed by atoms with E-state index in [1.165, 1.54) is 23.9 Å². The molecular formula is C21H19N5O5S. The van der Waals surface area contributed by atoms with Crippen molar-refractivity contribution in [1.29, 1.82) is 0 Å². The van der Waals surface area contributed by atoms with Crippen LogP contribution < -0.4 is 10.5 Å². The smallest absolute Gasteiger partial charge is 0.344 e. The number of thioether (sulfide) groups is 1. The second kappa shape index (κ2) is 8.71. The molecule has 4 rings (SSSR count). The highest BCUT2D eigenvalue weighted by molar-refractivity contribution is 8.15. The van der Waals surface area contributed by atoms with Gasteiger partial charge in [0.05, 0.1) is 24.3 Å². The number of fused-ring (bicyclic) bond motifs is 1. The first-order valence-electron chi connectivity index (χ1n) is 9.61. The van der Waals surface area contributed by atoms with Crippen LogP contribution in [0.2, 0.25) is 0 Å². The number of rotatable bonds is 6. The SMILES string of the molecule is CCOC(=O)C1=C(c2ccc([N+](=O)[O-])cc2)N2N=C(c3ccc(OC)cc3)SC2N=C1N. The number of esters is 1. The molecule has 0 radical (unpaired) electrons. The molecule has 0 fully saturated rings. The van der Waals surface area contributed by atoms with Crippen molar-refractivity contribution in [2.45, 2.75) is 12.4 Å². The summed E-state index contributed by atoms with van der Waals surface area (Å²) in [7, 11) is 1.59. The quantitative estimate of drug-likeness (QED) is 0.401. The molecule has 1 atom stereocenters. The number of methoxy groups -OCH3 is 1. The normalized spacial score (nSPS) is 17.4. The first-order chi connectivity index (χ1) is 15.4. The lowest BCUT2D eigenvalue weighted by Crippen LogP contribution is -2.36. The molecule has 2 aromatic rings. The number of nitro benzene ring substituents is 1. The van der Waals surface area contributed by atoms with Crippen molar-refractivity contribution in [3.63, 3.8) is 0 Å². The van der Waals surface area contributed by atoms with E-state index in [-0.39, 0.29) is 23.7 Å². The van der Waals surface area contributed by atoms with Crippen LogP contribution in [0.5, 0.6) is 5.75 Å². The summed E-state index contributed by atoms with van der Waals surface area (Å²) in [5.41, 5.74) is 7.39. The van der Waals surface area contributed by atoms with Crippen LogP contribution in [0.25, 0.3) is 5.70 Å². The van der Waals surface area contributed by atoms with Crippen LogP contribution in [0.3, 0.4) is 0 Å². The minimum atomic E-state index is -0.640. The number of amidine groups is 1. The number of aliphatic imine (C=N–C) groups is 1. The maximum absolute atomic E-state index is 12.7. The van der Waals surface area contributed by atoms with Crippen LogP contribution in [0.15, 0.2) is 64.2 Å². The number of hydrazone groups is 1. The Kier molecular flexibility index (Phi) is 5.82. The third kappa shape index (κ3) is 3.89. The Hall–Kier alpha value is -3.86. The van der Waals surface area contributed by atoms with Crippen LogP contribution in [-0.4, -0.2) is 46.0 Å². The van der Waals surface area contributed by atoms with Gasteiger partial charge >= 0.3 is 5.97 Å². The molecule has 0 saturated carbocycles. The molecule has 0 aliphatic carbocycles. The summed E-state index contributed by atoms with van der Waals surface area (Å²) in [4.78, 5) is 27.7. The van der Waals surface area contributed by atoms with Gasteiger partial charge in [0.1, 0.15) is 22.2 Å². The Balaban J connectivity index is 1.81. The Labute approximate surface area is 187 Å². The number of carbonyl (C=O) groups excluding carboxylic acids is 1. The van der Waals surface area contributed by atoms with Crippen molar-refractivity contribution in [3.8, 4) is 5.75 Å². The lowest BCUT2D eigenvalue weighted by atomic mass is 10.0. The van der Waals surface area contributed by atoms with Crippen molar-refractivity contribution in [1.82, 2.24) is 5.01 Å². The fourth-order valence-electron chi connectivity index (χ4n) is 3.26. The van der Waals surface area contributed by atoms with Crippen molar-refractivity contribution < 1.29 is 19.2 Å². The number of hydrogen-bond donors (Lipinski definition) is 1. The second-order valence-electron chi connectivity index (χ2n) is 6.68. The van der Waals surface area contributed by atoms with E-state index < -0.39 is 16.4 Å². The lowest BCUT2D eigenvalue weighted by Gasteiger charge is -2.29. The highest BCUT2D eigenvalue weighted by Crippen LogP contribution is 2.41. The number of hydrogen-bond acceptors (Lipinski definition) is 10. The van der Waals surface area contributed by atoms with Gasteiger partial charge in [-0.1, -0.05) is 11.8 Å². The van der Waals surface area contributed by atoms with Crippen molar-refractivity contribution in [3.05, 3.63) is 75.3 Å². The first-order valence-corrected chi connectivity index (χ1v) is 10.5. The summed E-state index contributed by atoms with van der Waals surface area (Å²) in [5.74, 6) is 0.101. The topological polar surface area (TPSA) is 133 Å². The highest BCUT2D eigenvalue weighted by Gasteiger charge is 2.39. The molecule has 0 amide bonds. The summed E-state index contributed by atoms with van der Waals surface area (Å²) in [6, 6.07) is 13.2. The number of nitro groups is 1. The Morgan fingerprint density at radius 3 is 2.44 bits per heavy atom. The summed E-state index contributed by atoms with van der Waals surface area (Å²) < 4.78 is 10.4. The maximum Gasteiger partial charge on any atom is 0.344 e. The molecule has 2 heterocycles. The highest BCUT2D eigenvalue weighted by atomic mass is 32.2. The number of non-ortho nitro benzene ring substituents is 1. The molecule has 1 unspecified atom stereocenters. The zero-order chi connectivity index (χ0) is 22.8. The largest absolute Gasteiger partial charge is 0.497 e. The van der Waals surface area contributed by atoms with Crippen LogP contribution >= 0.6 is 11.8 Å². The van der Waals surface area contributed by atoms with E-state index in [2.05, 4.69) is 10.1 Å². The van der Waals surface area contributed by atoms with Crippen LogP contribution in [0.1, 0.15) is 18.1 Å². The number of ether oxygens (including phenoxy) is 2. The van der Waals surface area contributed by atoms with Gasteiger partial charge in [-0.25, -0.2) is 14.8 Å². The van der Waals surface area contributed by atoms with E-state index in [1.807, 2.05) is 24.3 Å². The zero-order valence-corrected chi connectivity index (χ0v) is 18.0. The van der Waals surface area contributed by atoms with E-state index in [0.717, 1.165) is 5.56 Å². The first kappa shape index (κ1) is 21.4. The molecule has 164 valence electrons. The van der Waals surface area contributed by atoms with Gasteiger partial charge in [0.25, 0.3) is 5.69 Å². The van der Waals surface area contributed by atoms with Crippen LogP contribution in [0.4, 0.5) is 5.69 Å². The standard InChI is InChI=1S/C21H19N5O5S/c1-3-31-20(27)16-17(12-4-8-14(9-5-12)26(28)29)25-21(23-18(16)22)32-19(24-25)13-6-10-15(30-2)11-7-13/h4-11,21H,3H2,1-2H3,(H2,22,23). The van der Waals surface area contributed by atoms with Gasteiger partial charge in [0, 0.05) is 23.3 Å². The molecular weight excluding hydrogens is 434 g/mol. The molecule has 0 saturated heterocycles. The summed E-state index contributed by atoms with van der Waals surface area (Å²) in [6.07, 6.45) is 0. The van der Waals surface area contributed by atoms with Crippen molar-refractivity contribution >= 4 is 40.0 Å². The Morgan fingerprint density at radius 2 is 1.84 bits per heavy atom. The number of carbonyl (C=O) groups is 1. The molecule has 0 spiro atoms. The van der Waals surface area contributed by atoms with Crippen molar-refractivity contribution in [2.75, 3.05) is 13.7 Å². The molecule has 2 aromatic carbocycles. The third-order valence-corrected chi connectivity index (χ3v) is 5.82. The molecule has 2 aliphatic rings. The van der Waals surface area contributed by atoms with E-state index in [1.54, 1.807) is 31.2 Å². The number of nitrogens with two attached hydrogens (primary N) is 1. The number of benzene rings is 2. The minimum Gasteiger partial charge on any atom is -0.497 e. The molecule has 2 N–H and O–H groups in total. The van der Waals surface area contributed by atoms with Gasteiger partial charge in [0.2, 0.25) is 0 Å². The van der Waals surface area contributed by atoms with E-state index in [0.29, 0.717) is 22.1 Å². The van der Waals surface area contributed by atoms with Crippen LogP contribution in [0, 0.1) is 10.1 Å². The van der Waals surface area contributed by atoms with Gasteiger partial charge in [-0.3, -0.25) is 10.1 Å². The van der Waals surface area contributed by atoms with E-state index in [4.69, 9.17) is 15.2 Å². The molecule has 11 heteroatoms. The fourth-order valence-corrected chi connectivity index (χ4v) is 4.29. The van der Waals surface area contributed by atoms with Gasteiger partial charge in [-0.2, -0.15) is 5.10 Å². The van der Waals surface area contributed by atoms with Gasteiger partial charge < -0.3 is 15.2 Å². The summed E-state index contributed by atoms with van der Waals surface area (Å²) >= 11 is 1.37. The lowest BCUT2D eigenvalue weighted by molar-refractivity contribution is -0.384. The third-order valence-electron chi connectivity index (χ3n) is 4.76. The molecule has 10 nitrogen and oxygen atoms in total. The average molecular weight is 453 g/mol. The minimum absolute atomic E-state index is 0.0248. The van der Waals surface area contributed by atoms with E-state index >= 15 is 0 Å². The Bertz CT molecular complexity index is 1160. The van der Waals surface area contributed by atoms with Gasteiger partial charge in [0.15, 0.2) is 5.50 Å². The fraction of sp³-hybridized carbons (Fsp3) is 0.190.